The Morgan fingerprint density at radius 2 is 1.68 bits per heavy atom. The Balaban J connectivity index is 1.09. The molecule has 6 nitrogen and oxygen atoms in total. The number of rotatable bonds is 11. The van der Waals surface area contributed by atoms with Crippen LogP contribution in [0, 0.1) is 11.8 Å². The standard InChI is InChI=1S/C37H60N2O4Si/c1-36(2,3)44(4,5)42-26-19-29-15-24-39(25-16-29)34(40)14-10-12-30-11-9-13-32(27-30)37(20-7-6-8-21-37)35(41)43-33-28-38-22-17-31(33)18-23-38/h9,11,13,27,29,31,33H,6-8,10,12,14-26,28H2,1-5H3/t33-/m0/s1. The number of carbonyl (C=O) groups is 2. The Bertz CT molecular complexity index is 1110. The van der Waals surface area contributed by atoms with Crippen molar-refractivity contribution in [2.24, 2.45) is 11.8 Å². The van der Waals surface area contributed by atoms with Crippen molar-refractivity contribution >= 4 is 20.2 Å². The quantitative estimate of drug-likeness (QED) is 0.189. The van der Waals surface area contributed by atoms with Crippen LogP contribution < -0.4 is 0 Å². The summed E-state index contributed by atoms with van der Waals surface area (Å²) in [5.41, 5.74) is 1.85. The summed E-state index contributed by atoms with van der Waals surface area (Å²) in [6, 6.07) is 8.69. The fourth-order valence-electron chi connectivity index (χ4n) is 7.86. The van der Waals surface area contributed by atoms with Crippen molar-refractivity contribution in [3.8, 4) is 0 Å². The molecule has 1 aromatic rings. The Kier molecular flexibility index (Phi) is 11.0. The number of nitrogens with zero attached hydrogens (tertiary/aromatic N) is 2. The maximum atomic E-state index is 13.9. The monoisotopic (exact) mass is 624 g/mol. The molecule has 1 atom stereocenters. The van der Waals surface area contributed by atoms with E-state index in [4.69, 9.17) is 9.16 Å². The molecule has 4 saturated heterocycles. The molecule has 1 aromatic carbocycles. The number of esters is 1. The number of ether oxygens (including phenoxy) is 1. The number of aryl methyl sites for hydroxylation is 1. The molecule has 1 aliphatic carbocycles. The van der Waals surface area contributed by atoms with E-state index in [9.17, 15) is 9.59 Å². The second-order valence-electron chi connectivity index (χ2n) is 16.0. The van der Waals surface area contributed by atoms with E-state index in [1.54, 1.807) is 0 Å². The van der Waals surface area contributed by atoms with Crippen LogP contribution in [0.3, 0.4) is 0 Å². The summed E-state index contributed by atoms with van der Waals surface area (Å²) in [6.07, 6.45) is 13.1. The summed E-state index contributed by atoms with van der Waals surface area (Å²) in [5, 5.41) is 0.250. The lowest BCUT2D eigenvalue weighted by Crippen LogP contribution is -2.53. The SMILES string of the molecule is CC(C)(C)[Si](C)(C)OCCC1CCN(C(=O)CCCc2cccc(C3(C(=O)O[C@H]4CN5CCC4CC5)CCCCC3)c2)CC1. The number of benzene rings is 1. The minimum atomic E-state index is -1.69. The van der Waals surface area contributed by atoms with Crippen molar-refractivity contribution in [2.75, 3.05) is 39.3 Å². The average molecular weight is 625 g/mol. The molecule has 246 valence electrons. The fourth-order valence-corrected chi connectivity index (χ4v) is 8.92. The van der Waals surface area contributed by atoms with Gasteiger partial charge in [0.25, 0.3) is 0 Å². The van der Waals surface area contributed by atoms with Gasteiger partial charge in [-0.2, -0.15) is 0 Å². The summed E-state index contributed by atoms with van der Waals surface area (Å²) in [4.78, 5) is 31.6. The first-order chi connectivity index (χ1) is 21.0. The predicted octanol–water partition coefficient (Wildman–Crippen LogP) is 7.50. The first-order valence-electron chi connectivity index (χ1n) is 17.9. The lowest BCUT2D eigenvalue weighted by Gasteiger charge is -2.45. The van der Waals surface area contributed by atoms with Crippen LogP contribution in [0.4, 0.5) is 0 Å². The zero-order valence-electron chi connectivity index (χ0n) is 28.5. The van der Waals surface area contributed by atoms with E-state index in [-0.39, 0.29) is 17.1 Å². The zero-order valence-corrected chi connectivity index (χ0v) is 29.5. The molecule has 5 fully saturated rings. The third-order valence-corrected chi connectivity index (χ3v) is 16.6. The van der Waals surface area contributed by atoms with Crippen molar-refractivity contribution in [3.63, 3.8) is 0 Å². The molecule has 0 spiro atoms. The van der Waals surface area contributed by atoms with E-state index >= 15 is 0 Å². The highest BCUT2D eigenvalue weighted by molar-refractivity contribution is 6.74. The maximum Gasteiger partial charge on any atom is 0.316 e. The summed E-state index contributed by atoms with van der Waals surface area (Å²) in [5.74, 6) is 1.50. The topological polar surface area (TPSA) is 59.1 Å². The Hall–Kier alpha value is -1.70. The van der Waals surface area contributed by atoms with E-state index in [1.807, 2.05) is 0 Å². The van der Waals surface area contributed by atoms with Crippen LogP contribution in [-0.4, -0.2) is 75.4 Å². The molecule has 2 bridgehead atoms. The Labute approximate surface area is 268 Å². The van der Waals surface area contributed by atoms with Gasteiger partial charge in [-0.25, -0.2) is 0 Å². The van der Waals surface area contributed by atoms with Crippen LogP contribution in [0.1, 0.15) is 109 Å². The molecular weight excluding hydrogens is 565 g/mol. The molecule has 4 aliphatic heterocycles. The second-order valence-corrected chi connectivity index (χ2v) is 20.8. The fraction of sp³-hybridized carbons (Fsp3) is 0.784. The van der Waals surface area contributed by atoms with Crippen LogP contribution in [0.5, 0.6) is 0 Å². The van der Waals surface area contributed by atoms with E-state index in [2.05, 4.69) is 67.9 Å². The average Bonchev–Trinajstić information content (AvgIpc) is 3.02. The highest BCUT2D eigenvalue weighted by Crippen LogP contribution is 2.42. The van der Waals surface area contributed by atoms with Crippen molar-refractivity contribution in [2.45, 2.75) is 134 Å². The van der Waals surface area contributed by atoms with Gasteiger partial charge in [-0.05, 0) is 112 Å². The van der Waals surface area contributed by atoms with Crippen molar-refractivity contribution in [1.29, 1.82) is 0 Å². The highest BCUT2D eigenvalue weighted by Gasteiger charge is 2.46. The van der Waals surface area contributed by atoms with Crippen molar-refractivity contribution < 1.29 is 18.8 Å². The van der Waals surface area contributed by atoms with Crippen molar-refractivity contribution in [3.05, 3.63) is 35.4 Å². The summed E-state index contributed by atoms with van der Waals surface area (Å²) in [6.45, 7) is 17.4. The molecule has 0 aromatic heterocycles. The van der Waals surface area contributed by atoms with Gasteiger partial charge < -0.3 is 14.1 Å². The van der Waals surface area contributed by atoms with Gasteiger partial charge in [0, 0.05) is 32.7 Å². The van der Waals surface area contributed by atoms with E-state index in [0.717, 1.165) is 116 Å². The lowest BCUT2D eigenvalue weighted by molar-refractivity contribution is -0.167. The van der Waals surface area contributed by atoms with Gasteiger partial charge in [-0.15, -0.1) is 0 Å². The van der Waals surface area contributed by atoms with E-state index in [0.29, 0.717) is 24.2 Å². The molecular formula is C37H60N2O4Si. The predicted molar refractivity (Wildman–Crippen MR) is 180 cm³/mol. The molecule has 0 radical (unpaired) electrons. The van der Waals surface area contributed by atoms with Gasteiger partial charge in [-0.1, -0.05) is 64.3 Å². The van der Waals surface area contributed by atoms with Gasteiger partial charge >= 0.3 is 5.97 Å². The number of likely N-dealkylation sites (tertiary alicyclic amines) is 1. The Morgan fingerprint density at radius 3 is 2.32 bits per heavy atom. The number of piperidine rings is 4. The number of hydrogen-bond acceptors (Lipinski definition) is 5. The van der Waals surface area contributed by atoms with Crippen molar-refractivity contribution in [1.82, 2.24) is 9.80 Å². The smallest absolute Gasteiger partial charge is 0.316 e. The molecule has 0 N–H and O–H groups in total. The minimum Gasteiger partial charge on any atom is -0.460 e. The normalized spacial score (nSPS) is 26.0. The van der Waals surface area contributed by atoms with Gasteiger partial charge in [0.05, 0.1) is 5.41 Å². The molecule has 7 heteroatoms. The van der Waals surface area contributed by atoms with Crippen LogP contribution in [0.15, 0.2) is 24.3 Å². The minimum absolute atomic E-state index is 0.0123. The summed E-state index contributed by atoms with van der Waals surface area (Å²) in [7, 11) is -1.69. The molecule has 1 saturated carbocycles. The van der Waals surface area contributed by atoms with Gasteiger partial charge in [0.2, 0.25) is 5.91 Å². The van der Waals surface area contributed by atoms with Crippen LogP contribution in [-0.2, 0) is 30.6 Å². The summed E-state index contributed by atoms with van der Waals surface area (Å²) < 4.78 is 12.8. The second kappa shape index (κ2) is 14.4. The van der Waals surface area contributed by atoms with E-state index in [1.165, 1.54) is 12.0 Å². The first-order valence-corrected chi connectivity index (χ1v) is 20.8. The van der Waals surface area contributed by atoms with Gasteiger partial charge in [-0.3, -0.25) is 14.5 Å². The largest absolute Gasteiger partial charge is 0.460 e. The third-order valence-electron chi connectivity index (χ3n) is 12.1. The van der Waals surface area contributed by atoms with E-state index < -0.39 is 13.7 Å². The maximum absolute atomic E-state index is 13.9. The van der Waals surface area contributed by atoms with Gasteiger partial charge in [0.1, 0.15) is 6.10 Å². The number of hydrogen-bond donors (Lipinski definition) is 0. The number of carbonyl (C=O) groups excluding carboxylic acids is 2. The molecule has 0 unspecified atom stereocenters. The van der Waals surface area contributed by atoms with Crippen LogP contribution >= 0.6 is 0 Å². The molecule has 1 amide bonds. The summed E-state index contributed by atoms with van der Waals surface area (Å²) >= 11 is 0. The first kappa shape index (κ1) is 33.7. The molecule has 6 rings (SSSR count). The lowest BCUT2D eigenvalue weighted by atomic mass is 9.69. The Morgan fingerprint density at radius 1 is 0.977 bits per heavy atom. The number of fused-ring (bicyclic) bond motifs is 3. The number of amides is 1. The van der Waals surface area contributed by atoms with Crippen LogP contribution in [0.2, 0.25) is 18.1 Å². The van der Waals surface area contributed by atoms with Crippen LogP contribution in [0.25, 0.3) is 0 Å². The molecule has 44 heavy (non-hydrogen) atoms. The third kappa shape index (κ3) is 7.98. The molecule has 5 aliphatic rings. The highest BCUT2D eigenvalue weighted by atomic mass is 28.4. The van der Waals surface area contributed by atoms with Gasteiger partial charge in [0.15, 0.2) is 8.32 Å². The molecule has 4 heterocycles. The zero-order chi connectivity index (χ0) is 31.4.